The predicted molar refractivity (Wildman–Crippen MR) is 158 cm³/mol. The monoisotopic (exact) mass is 692 g/mol. The molecule has 0 aliphatic heterocycles. The number of nitrogens with one attached hydrogen (secondary N) is 3. The van der Waals surface area contributed by atoms with Gasteiger partial charge < -0.3 is 10.2 Å². The average Bonchev–Trinajstić information content (AvgIpc) is 3.50. The van der Waals surface area contributed by atoms with E-state index in [0.29, 0.717) is 43.4 Å². The third-order valence-corrected chi connectivity index (χ3v) is 8.03. The Morgan fingerprint density at radius 2 is 1.46 bits per heavy atom. The molecule has 48 heavy (non-hydrogen) atoms. The van der Waals surface area contributed by atoms with Crippen molar-refractivity contribution in [3.8, 4) is 0 Å². The molecule has 262 valence electrons. The molecule has 1 amide bonds. The fraction of sp³-hybridized carbons (Fsp3) is 0.500. The van der Waals surface area contributed by atoms with E-state index in [-0.39, 0.29) is 35.5 Å². The number of halogens is 9. The maximum Gasteiger partial charge on any atom is 0.416 e. The summed E-state index contributed by atoms with van der Waals surface area (Å²) in [6.07, 6.45) is -12.9. The fourth-order valence-electron chi connectivity index (χ4n) is 5.50. The van der Waals surface area contributed by atoms with Crippen molar-refractivity contribution in [2.75, 3.05) is 17.2 Å². The van der Waals surface area contributed by atoms with E-state index in [9.17, 15) is 44.3 Å². The van der Waals surface area contributed by atoms with Crippen LogP contribution >= 0.6 is 0 Å². The maximum atomic E-state index is 13.6. The van der Waals surface area contributed by atoms with Crippen molar-refractivity contribution in [2.24, 2.45) is 16.3 Å². The van der Waals surface area contributed by atoms with Gasteiger partial charge in [0.1, 0.15) is 6.54 Å². The Balaban J connectivity index is 1.72. The molecule has 3 N–H and O–H groups in total. The Kier molecular flexibility index (Phi) is 10.6. The number of tetrazole rings is 1. The lowest BCUT2D eigenvalue weighted by molar-refractivity contribution is -0.143. The number of rotatable bonds is 7. The third kappa shape index (κ3) is 10.1. The Hall–Kier alpha value is -4.38. The molecule has 3 aromatic rings. The SMILES string of the molecule is CC(C)(C)C1CCC(N(Cc2ccc(C(=O)Nc3nn[nH]n3)cc2)C(=NCC(F)(F)F)Nc2cc(C(F)(F)F)cc(C(F)(F)F)c2)CC1. The van der Waals surface area contributed by atoms with Gasteiger partial charge in [0, 0.05) is 23.8 Å². The second-order valence-corrected chi connectivity index (χ2v) is 12.6. The number of aromatic amines is 1. The number of guanidine groups is 1. The molecule has 1 aliphatic carbocycles. The minimum absolute atomic E-state index is 0.0643. The first-order valence-electron chi connectivity index (χ1n) is 14.8. The summed E-state index contributed by atoms with van der Waals surface area (Å²) in [7, 11) is 0. The van der Waals surface area contributed by atoms with Gasteiger partial charge in [0.15, 0.2) is 5.96 Å². The number of aromatic nitrogens is 4. The third-order valence-electron chi connectivity index (χ3n) is 8.03. The van der Waals surface area contributed by atoms with Crippen molar-refractivity contribution in [1.29, 1.82) is 0 Å². The van der Waals surface area contributed by atoms with E-state index in [2.05, 4.69) is 57.0 Å². The summed E-state index contributed by atoms with van der Waals surface area (Å²) >= 11 is 0. The van der Waals surface area contributed by atoms with Gasteiger partial charge in [-0.05, 0) is 78.1 Å². The summed E-state index contributed by atoms with van der Waals surface area (Å²) in [6, 6.07) is 6.15. The molecule has 0 atom stereocenters. The molecule has 9 nitrogen and oxygen atoms in total. The van der Waals surface area contributed by atoms with Gasteiger partial charge in [0.2, 0.25) is 0 Å². The van der Waals surface area contributed by atoms with Gasteiger partial charge in [-0.3, -0.25) is 10.1 Å². The van der Waals surface area contributed by atoms with Crippen molar-refractivity contribution < 1.29 is 44.3 Å². The van der Waals surface area contributed by atoms with Crippen LogP contribution in [0.15, 0.2) is 47.5 Å². The lowest BCUT2D eigenvalue weighted by Crippen LogP contribution is -2.46. The van der Waals surface area contributed by atoms with Crippen molar-refractivity contribution in [1.82, 2.24) is 25.5 Å². The van der Waals surface area contributed by atoms with Crippen LogP contribution in [0.5, 0.6) is 0 Å². The first-order chi connectivity index (χ1) is 22.2. The number of hydrogen-bond donors (Lipinski definition) is 3. The second kappa shape index (κ2) is 14.0. The van der Waals surface area contributed by atoms with Crippen LogP contribution in [0.2, 0.25) is 0 Å². The van der Waals surface area contributed by atoms with Crippen LogP contribution in [0, 0.1) is 11.3 Å². The Morgan fingerprint density at radius 3 is 1.94 bits per heavy atom. The molecule has 0 spiro atoms. The zero-order valence-electron chi connectivity index (χ0n) is 26.0. The number of benzene rings is 2. The number of carbonyl (C=O) groups excluding carboxylic acids is 1. The number of amides is 1. The summed E-state index contributed by atoms with van der Waals surface area (Å²) in [6.45, 7) is 4.32. The molecule has 0 saturated heterocycles. The number of alkyl halides is 9. The van der Waals surface area contributed by atoms with E-state index in [1.807, 2.05) is 0 Å². The lowest BCUT2D eigenvalue weighted by atomic mass is 9.71. The molecule has 2 aromatic carbocycles. The van der Waals surface area contributed by atoms with Gasteiger partial charge in [0.05, 0.1) is 11.1 Å². The predicted octanol–water partition coefficient (Wildman–Crippen LogP) is 7.93. The van der Waals surface area contributed by atoms with E-state index in [4.69, 9.17) is 0 Å². The number of anilines is 2. The molecule has 1 aliphatic rings. The Morgan fingerprint density at radius 1 is 0.875 bits per heavy atom. The standard InChI is InChI=1S/C30H33F9N8O/c1-27(2,3)19-8-10-23(11-9-19)47(15-17-4-6-18(7-5-17)24(48)42-25-43-45-46-44-25)26(40-16-28(31,32)33)41-22-13-20(29(34,35)36)12-21(14-22)30(37,38)39/h4-7,12-14,19,23H,8-11,15-16H2,1-3H3,(H,40,41)(H2,42,43,44,45,46,48). The highest BCUT2D eigenvalue weighted by molar-refractivity contribution is 6.03. The first-order valence-corrected chi connectivity index (χ1v) is 14.8. The highest BCUT2D eigenvalue weighted by Crippen LogP contribution is 2.40. The molecule has 1 heterocycles. The number of carbonyl (C=O) groups is 1. The van der Waals surface area contributed by atoms with Crippen LogP contribution < -0.4 is 10.6 Å². The van der Waals surface area contributed by atoms with Crippen LogP contribution in [-0.4, -0.2) is 56.2 Å². The zero-order chi connectivity index (χ0) is 35.5. The van der Waals surface area contributed by atoms with Crippen LogP contribution in [0.25, 0.3) is 0 Å². The van der Waals surface area contributed by atoms with Gasteiger partial charge in [-0.2, -0.15) is 44.7 Å². The van der Waals surface area contributed by atoms with Crippen LogP contribution in [0.4, 0.5) is 51.1 Å². The summed E-state index contributed by atoms with van der Waals surface area (Å²) in [5.74, 6) is -0.938. The molecule has 0 unspecified atom stereocenters. The zero-order valence-corrected chi connectivity index (χ0v) is 26.0. The molecule has 1 saturated carbocycles. The molecular weight excluding hydrogens is 659 g/mol. The summed E-state index contributed by atoms with van der Waals surface area (Å²) < 4.78 is 122. The smallest absolute Gasteiger partial charge is 0.335 e. The minimum Gasteiger partial charge on any atom is -0.335 e. The van der Waals surface area contributed by atoms with Crippen molar-refractivity contribution in [3.63, 3.8) is 0 Å². The number of nitrogens with zero attached hydrogens (tertiary/aromatic N) is 5. The van der Waals surface area contributed by atoms with Gasteiger partial charge in [0.25, 0.3) is 11.9 Å². The van der Waals surface area contributed by atoms with Crippen LogP contribution in [0.1, 0.15) is 73.5 Å². The van der Waals surface area contributed by atoms with E-state index in [1.165, 1.54) is 29.2 Å². The number of hydrogen-bond acceptors (Lipinski definition) is 5. The van der Waals surface area contributed by atoms with Crippen molar-refractivity contribution >= 4 is 23.5 Å². The molecule has 4 rings (SSSR count). The molecule has 1 fully saturated rings. The minimum atomic E-state index is -5.18. The van der Waals surface area contributed by atoms with E-state index < -0.39 is 59.8 Å². The topological polar surface area (TPSA) is 111 Å². The highest BCUT2D eigenvalue weighted by atomic mass is 19.4. The summed E-state index contributed by atoms with van der Waals surface area (Å²) in [4.78, 5) is 17.6. The van der Waals surface area contributed by atoms with E-state index >= 15 is 0 Å². The maximum absolute atomic E-state index is 13.6. The van der Waals surface area contributed by atoms with Gasteiger partial charge in [-0.25, -0.2) is 4.99 Å². The van der Waals surface area contributed by atoms with Gasteiger partial charge >= 0.3 is 18.5 Å². The van der Waals surface area contributed by atoms with Crippen molar-refractivity contribution in [3.05, 3.63) is 64.7 Å². The quantitative estimate of drug-likeness (QED) is 0.132. The van der Waals surface area contributed by atoms with Gasteiger partial charge in [-0.1, -0.05) is 38.0 Å². The highest BCUT2D eigenvalue weighted by Gasteiger charge is 2.38. The van der Waals surface area contributed by atoms with E-state index in [1.54, 1.807) is 0 Å². The molecular formula is C30H33F9N8O. The molecule has 1 aromatic heterocycles. The van der Waals surface area contributed by atoms with Crippen LogP contribution in [0.3, 0.4) is 0 Å². The first kappa shape index (κ1) is 36.5. The molecule has 0 bridgehead atoms. The summed E-state index contributed by atoms with van der Waals surface area (Å²) in [5, 5.41) is 17.6. The van der Waals surface area contributed by atoms with E-state index in [0.717, 1.165) is 0 Å². The lowest BCUT2D eigenvalue weighted by Gasteiger charge is -2.42. The molecule has 18 heteroatoms. The Labute approximate surface area is 269 Å². The fourth-order valence-corrected chi connectivity index (χ4v) is 5.50. The molecule has 0 radical (unpaired) electrons. The average molecular weight is 693 g/mol. The van der Waals surface area contributed by atoms with Crippen LogP contribution in [-0.2, 0) is 18.9 Å². The van der Waals surface area contributed by atoms with Gasteiger partial charge in [-0.15, -0.1) is 5.10 Å². The van der Waals surface area contributed by atoms with Crippen molar-refractivity contribution in [2.45, 2.75) is 77.6 Å². The largest absolute Gasteiger partial charge is 0.416 e. The number of aliphatic imine (C=N–C) groups is 1. The normalized spacial score (nSPS) is 18.0. The Bertz CT molecular complexity index is 1520. The second-order valence-electron chi connectivity index (χ2n) is 12.6. The number of H-pyrrole nitrogens is 1. The summed E-state index contributed by atoms with van der Waals surface area (Å²) in [5.41, 5.74) is -3.42.